The molecule has 13 rings (SSSR count). The second-order valence-electron chi connectivity index (χ2n) is 17.5. The average molecular weight is 825 g/mol. The lowest BCUT2D eigenvalue weighted by atomic mass is 9.33. The first-order valence-corrected chi connectivity index (χ1v) is 24.4. The maximum Gasteiger partial charge on any atom is 0.252 e. The first-order chi connectivity index (χ1) is 31.0. The highest BCUT2D eigenvalue weighted by molar-refractivity contribution is 7.11. The van der Waals surface area contributed by atoms with Crippen molar-refractivity contribution in [3.63, 3.8) is 0 Å². The Morgan fingerprint density at radius 1 is 0.413 bits per heavy atom. The zero-order valence-electron chi connectivity index (χ0n) is 35.3. The van der Waals surface area contributed by atoms with Crippen molar-refractivity contribution in [2.24, 2.45) is 0 Å². The predicted octanol–water partition coefficient (Wildman–Crippen LogP) is 11.3. The molecule has 0 aliphatic carbocycles. The van der Waals surface area contributed by atoms with Gasteiger partial charge in [0.2, 0.25) is 0 Å². The second-order valence-corrected chi connectivity index (χ2v) is 21.5. The van der Waals surface area contributed by atoms with Crippen molar-refractivity contribution in [2.45, 2.75) is 20.4 Å². The van der Waals surface area contributed by atoms with Crippen molar-refractivity contribution in [3.8, 4) is 0 Å². The van der Waals surface area contributed by atoms with Gasteiger partial charge in [0.1, 0.15) is 19.2 Å². The molecule has 4 nitrogen and oxygen atoms in total. The molecular formula is C57H41BN2O2Si. The summed E-state index contributed by atoms with van der Waals surface area (Å²) in [6.07, 6.45) is 0. The number of hydrogen-bond donors (Lipinski definition) is 0. The van der Waals surface area contributed by atoms with Gasteiger partial charge in [-0.2, -0.15) is 0 Å². The minimum absolute atomic E-state index is 0.131. The summed E-state index contributed by atoms with van der Waals surface area (Å²) in [5.41, 5.74) is 16.3. The van der Waals surface area contributed by atoms with E-state index in [2.05, 4.69) is 224 Å². The zero-order valence-corrected chi connectivity index (χ0v) is 36.3. The fourth-order valence-electron chi connectivity index (χ4n) is 10.9. The molecule has 63 heavy (non-hydrogen) atoms. The smallest absolute Gasteiger partial charge is 0.252 e. The Morgan fingerprint density at radius 3 is 1.24 bits per heavy atom. The van der Waals surface area contributed by atoms with Gasteiger partial charge in [0.15, 0.2) is 11.2 Å². The third-order valence-electron chi connectivity index (χ3n) is 13.9. The van der Waals surface area contributed by atoms with Gasteiger partial charge in [0, 0.05) is 44.3 Å². The van der Waals surface area contributed by atoms with Crippen molar-refractivity contribution < 1.29 is 8.83 Å². The van der Waals surface area contributed by atoms with Crippen LogP contribution >= 0.6 is 0 Å². The molecule has 2 aromatic heterocycles. The molecule has 0 unspecified atom stereocenters. The van der Waals surface area contributed by atoms with Crippen molar-refractivity contribution in [3.05, 3.63) is 205 Å². The lowest BCUT2D eigenvalue weighted by Crippen LogP contribution is -2.66. The molecule has 0 N–H and O–H groups in total. The molecule has 4 heterocycles. The van der Waals surface area contributed by atoms with E-state index in [9.17, 15) is 0 Å². The van der Waals surface area contributed by atoms with Crippen LogP contribution in [0.5, 0.6) is 0 Å². The van der Waals surface area contributed by atoms with E-state index >= 15 is 0 Å². The molecule has 2 aliphatic rings. The Kier molecular flexibility index (Phi) is 7.73. The summed E-state index contributed by atoms with van der Waals surface area (Å²) in [7, 11) is -2.70. The van der Waals surface area contributed by atoms with Crippen LogP contribution in [0.3, 0.4) is 0 Å². The van der Waals surface area contributed by atoms with Gasteiger partial charge in [-0.15, -0.1) is 0 Å². The van der Waals surface area contributed by atoms with Crippen LogP contribution in [-0.2, 0) is 0 Å². The lowest BCUT2D eigenvalue weighted by Gasteiger charge is -2.45. The third-order valence-corrected chi connectivity index (χ3v) is 18.3. The molecule has 0 fully saturated rings. The molecule has 0 bridgehead atoms. The molecule has 0 spiro atoms. The largest absolute Gasteiger partial charge is 0.454 e. The van der Waals surface area contributed by atoms with Crippen molar-refractivity contribution in [2.75, 3.05) is 9.80 Å². The highest BCUT2D eigenvalue weighted by Crippen LogP contribution is 2.49. The Hall–Kier alpha value is -7.54. The standard InChI is InChI=1S/C57H41BN2O2Si/c1-36-24-26-43-45-28-30-47-54(56(45)61-51(43)32-36)59(38-16-8-4-9-17-38)49-34-42(63(3,40-20-12-6-13-21-40)41-22-14-7-15-23-41)35-50-53(49)58(47)48-31-29-46-44-27-25-37(2)33-52(44)62-57(46)55(48)60(50)39-18-10-5-11-19-39/h4-35H,1-3H3. The van der Waals surface area contributed by atoms with Crippen LogP contribution in [0.2, 0.25) is 6.55 Å². The molecule has 0 saturated heterocycles. The van der Waals surface area contributed by atoms with Gasteiger partial charge in [0.25, 0.3) is 6.71 Å². The molecule has 6 heteroatoms. The number of furan rings is 2. The molecule has 0 radical (unpaired) electrons. The molecule has 0 atom stereocenters. The summed E-state index contributed by atoms with van der Waals surface area (Å²) >= 11 is 0. The minimum Gasteiger partial charge on any atom is -0.454 e. The second kappa shape index (κ2) is 13.5. The summed E-state index contributed by atoms with van der Waals surface area (Å²) in [4.78, 5) is 5.01. The normalized spacial score (nSPS) is 13.2. The van der Waals surface area contributed by atoms with Gasteiger partial charge in [0.05, 0.1) is 11.4 Å². The Balaban J connectivity index is 1.23. The summed E-state index contributed by atoms with van der Waals surface area (Å²) in [6.45, 7) is 6.66. The quantitative estimate of drug-likeness (QED) is 0.128. The average Bonchev–Trinajstić information content (AvgIpc) is 3.89. The van der Waals surface area contributed by atoms with Gasteiger partial charge < -0.3 is 18.6 Å². The monoisotopic (exact) mass is 824 g/mol. The van der Waals surface area contributed by atoms with E-state index in [1.807, 2.05) is 0 Å². The third kappa shape index (κ3) is 5.16. The number of benzene rings is 9. The number of rotatable bonds is 5. The summed E-state index contributed by atoms with van der Waals surface area (Å²) < 4.78 is 14.2. The van der Waals surface area contributed by atoms with Crippen LogP contribution in [0.15, 0.2) is 203 Å². The highest BCUT2D eigenvalue weighted by Gasteiger charge is 2.47. The van der Waals surface area contributed by atoms with E-state index in [1.165, 1.54) is 43.1 Å². The van der Waals surface area contributed by atoms with E-state index in [0.717, 1.165) is 78.0 Å². The topological polar surface area (TPSA) is 32.8 Å². The van der Waals surface area contributed by atoms with Crippen LogP contribution < -0.4 is 41.7 Å². The van der Waals surface area contributed by atoms with Crippen LogP contribution in [-0.4, -0.2) is 14.8 Å². The summed E-state index contributed by atoms with van der Waals surface area (Å²) in [6, 6.07) is 71.7. The van der Waals surface area contributed by atoms with Gasteiger partial charge >= 0.3 is 0 Å². The summed E-state index contributed by atoms with van der Waals surface area (Å²) in [5, 5.41) is 8.51. The Morgan fingerprint density at radius 2 is 0.810 bits per heavy atom. The molecule has 0 amide bonds. The number of fused-ring (bicyclic) bond motifs is 12. The van der Waals surface area contributed by atoms with Crippen molar-refractivity contribution in [1.29, 1.82) is 0 Å². The number of aryl methyl sites for hydroxylation is 2. The maximum absolute atomic E-state index is 7.11. The van der Waals surface area contributed by atoms with E-state index < -0.39 is 8.07 Å². The number of nitrogens with zero attached hydrogens (tertiary/aromatic N) is 2. The Labute approximate surface area is 367 Å². The van der Waals surface area contributed by atoms with Gasteiger partial charge in [-0.05, 0) is 105 Å². The van der Waals surface area contributed by atoms with Gasteiger partial charge in [-0.1, -0.05) is 152 Å². The highest BCUT2D eigenvalue weighted by atomic mass is 28.3. The molecular weight excluding hydrogens is 784 g/mol. The van der Waals surface area contributed by atoms with Gasteiger partial charge in [-0.3, -0.25) is 0 Å². The zero-order chi connectivity index (χ0) is 42.0. The van der Waals surface area contributed by atoms with Crippen molar-refractivity contribution in [1.82, 2.24) is 0 Å². The van der Waals surface area contributed by atoms with E-state index in [0.29, 0.717) is 0 Å². The first kappa shape index (κ1) is 36.1. The maximum atomic E-state index is 7.11. The van der Waals surface area contributed by atoms with E-state index in [4.69, 9.17) is 8.83 Å². The number of para-hydroxylation sites is 2. The lowest BCUT2D eigenvalue weighted by molar-refractivity contribution is 0.669. The summed E-state index contributed by atoms with van der Waals surface area (Å²) in [5.74, 6) is 0. The van der Waals surface area contributed by atoms with E-state index in [1.54, 1.807) is 0 Å². The van der Waals surface area contributed by atoms with Crippen LogP contribution in [0.1, 0.15) is 11.1 Å². The molecule has 2 aliphatic heterocycles. The first-order valence-electron chi connectivity index (χ1n) is 21.9. The van der Waals surface area contributed by atoms with Crippen molar-refractivity contribution >= 4 is 125 Å². The fraction of sp³-hybridized carbons (Fsp3) is 0.0526. The number of hydrogen-bond acceptors (Lipinski definition) is 4. The molecule has 298 valence electrons. The molecule has 0 saturated carbocycles. The van der Waals surface area contributed by atoms with Gasteiger partial charge in [-0.25, -0.2) is 0 Å². The molecule has 9 aromatic carbocycles. The SMILES string of the molecule is Cc1ccc2c(c1)oc1c3c(ccc12)B1c2ccc4c(oc5cc(C)ccc54)c2N(c2ccccc2)c2cc([Si](C)(c4ccccc4)c4ccccc4)cc(c21)N3c1ccccc1. The van der Waals surface area contributed by atoms with Crippen LogP contribution in [0.25, 0.3) is 43.9 Å². The Bertz CT molecular complexity index is 3390. The van der Waals surface area contributed by atoms with Crippen LogP contribution in [0.4, 0.5) is 34.1 Å². The predicted molar refractivity (Wildman–Crippen MR) is 268 cm³/mol. The number of anilines is 6. The molecule has 11 aromatic rings. The van der Waals surface area contributed by atoms with Crippen LogP contribution in [0, 0.1) is 13.8 Å². The van der Waals surface area contributed by atoms with E-state index in [-0.39, 0.29) is 6.71 Å². The fourth-order valence-corrected chi connectivity index (χ4v) is 14.4. The minimum atomic E-state index is -2.70.